The number of hydrogen-bond acceptors (Lipinski definition) is 4. The summed E-state index contributed by atoms with van der Waals surface area (Å²) in [5.41, 5.74) is 6.17. The lowest BCUT2D eigenvalue weighted by Gasteiger charge is -2.20. The Bertz CT molecular complexity index is 421. The van der Waals surface area contributed by atoms with Crippen molar-refractivity contribution in [1.82, 2.24) is 4.90 Å². The zero-order chi connectivity index (χ0) is 14.3. The molecule has 0 spiro atoms. The van der Waals surface area contributed by atoms with Crippen LogP contribution in [0, 0.1) is 0 Å². The Morgan fingerprint density at radius 1 is 1.47 bits per heavy atom. The van der Waals surface area contributed by atoms with Gasteiger partial charge in [0.15, 0.2) is 11.5 Å². The molecule has 0 fully saturated rings. The Labute approximate surface area is 114 Å². The normalized spacial score (nSPS) is 10.7. The van der Waals surface area contributed by atoms with E-state index >= 15 is 0 Å². The van der Waals surface area contributed by atoms with Crippen LogP contribution in [0.15, 0.2) is 18.2 Å². The number of hydrogen-bond donors (Lipinski definition) is 2. The Morgan fingerprint density at radius 2 is 2.21 bits per heavy atom. The molecule has 0 aromatic heterocycles. The lowest BCUT2D eigenvalue weighted by Crippen LogP contribution is -2.34. The molecular formula is C14H22N2O3. The third-order valence-electron chi connectivity index (χ3n) is 2.86. The quantitative estimate of drug-likeness (QED) is 0.747. The molecule has 0 saturated heterocycles. The number of carbonyl (C=O) groups is 1. The number of aromatic hydroxyl groups is 1. The minimum Gasteiger partial charge on any atom is -0.504 e. The molecule has 0 saturated carbocycles. The largest absolute Gasteiger partial charge is 0.504 e. The summed E-state index contributed by atoms with van der Waals surface area (Å²) in [6.45, 7) is 3.72. The van der Waals surface area contributed by atoms with Crippen molar-refractivity contribution in [2.45, 2.75) is 26.3 Å². The van der Waals surface area contributed by atoms with Crippen LogP contribution in [0.1, 0.15) is 25.3 Å². The highest BCUT2D eigenvalue weighted by atomic mass is 16.5. The molecule has 0 aliphatic heterocycles. The van der Waals surface area contributed by atoms with Gasteiger partial charge in [-0.3, -0.25) is 9.69 Å². The van der Waals surface area contributed by atoms with E-state index in [4.69, 9.17) is 10.5 Å². The fraction of sp³-hybridized carbons (Fsp3) is 0.500. The van der Waals surface area contributed by atoms with E-state index in [9.17, 15) is 9.90 Å². The molecule has 19 heavy (non-hydrogen) atoms. The van der Waals surface area contributed by atoms with Gasteiger partial charge in [0.1, 0.15) is 0 Å². The maximum atomic E-state index is 11.0. The minimum atomic E-state index is -0.339. The summed E-state index contributed by atoms with van der Waals surface area (Å²) < 4.78 is 5.00. The van der Waals surface area contributed by atoms with Gasteiger partial charge in [-0.25, -0.2) is 0 Å². The number of nitrogens with zero attached hydrogens (tertiary/aromatic N) is 1. The van der Waals surface area contributed by atoms with Crippen LogP contribution in [-0.4, -0.2) is 36.1 Å². The van der Waals surface area contributed by atoms with E-state index in [0.717, 1.165) is 24.9 Å². The van der Waals surface area contributed by atoms with Crippen LogP contribution < -0.4 is 10.5 Å². The molecule has 0 heterocycles. The third-order valence-corrected chi connectivity index (χ3v) is 2.86. The van der Waals surface area contributed by atoms with Gasteiger partial charge in [-0.15, -0.1) is 0 Å². The summed E-state index contributed by atoms with van der Waals surface area (Å²) in [7, 11) is 1.51. The molecule has 0 atom stereocenters. The molecule has 0 radical (unpaired) electrons. The minimum absolute atomic E-state index is 0.106. The monoisotopic (exact) mass is 266 g/mol. The van der Waals surface area contributed by atoms with E-state index in [2.05, 4.69) is 6.92 Å². The van der Waals surface area contributed by atoms with Gasteiger partial charge in [0.25, 0.3) is 0 Å². The second-order valence-electron chi connectivity index (χ2n) is 4.54. The second-order valence-corrected chi connectivity index (χ2v) is 4.54. The molecule has 5 heteroatoms. The van der Waals surface area contributed by atoms with Crippen molar-refractivity contribution in [3.8, 4) is 11.5 Å². The first-order valence-corrected chi connectivity index (χ1v) is 6.43. The van der Waals surface area contributed by atoms with Gasteiger partial charge in [-0.05, 0) is 30.7 Å². The van der Waals surface area contributed by atoms with E-state index < -0.39 is 0 Å². The van der Waals surface area contributed by atoms with Crippen LogP contribution in [-0.2, 0) is 11.3 Å². The smallest absolute Gasteiger partial charge is 0.231 e. The highest BCUT2D eigenvalue weighted by molar-refractivity contribution is 5.75. The third kappa shape index (κ3) is 5.18. The van der Waals surface area contributed by atoms with Gasteiger partial charge in [0, 0.05) is 6.54 Å². The number of nitrogens with two attached hydrogens (primary N) is 1. The molecule has 5 nitrogen and oxygen atoms in total. The van der Waals surface area contributed by atoms with Crippen molar-refractivity contribution < 1.29 is 14.6 Å². The lowest BCUT2D eigenvalue weighted by molar-refractivity contribution is -0.119. The molecule has 1 aromatic rings. The van der Waals surface area contributed by atoms with Crippen molar-refractivity contribution in [2.75, 3.05) is 20.2 Å². The van der Waals surface area contributed by atoms with Crippen molar-refractivity contribution in [3.63, 3.8) is 0 Å². The van der Waals surface area contributed by atoms with Gasteiger partial charge < -0.3 is 15.6 Å². The van der Waals surface area contributed by atoms with Crippen LogP contribution in [0.25, 0.3) is 0 Å². The lowest BCUT2D eigenvalue weighted by atomic mass is 10.1. The average Bonchev–Trinajstić information content (AvgIpc) is 2.35. The standard InChI is InChI=1S/C14H22N2O3/c1-3-4-7-16(10-14(15)18)9-11-5-6-13(19-2)12(17)8-11/h5-6,8,17H,3-4,7,9-10H2,1-2H3,(H2,15,18). The van der Waals surface area contributed by atoms with E-state index in [1.165, 1.54) is 7.11 Å². The molecular weight excluding hydrogens is 244 g/mol. The van der Waals surface area contributed by atoms with E-state index in [0.29, 0.717) is 12.3 Å². The van der Waals surface area contributed by atoms with Gasteiger partial charge in [-0.1, -0.05) is 19.4 Å². The summed E-state index contributed by atoms with van der Waals surface area (Å²) >= 11 is 0. The first kappa shape index (κ1) is 15.3. The molecule has 0 aliphatic rings. The van der Waals surface area contributed by atoms with Crippen LogP contribution in [0.3, 0.4) is 0 Å². The van der Waals surface area contributed by atoms with E-state index in [1.807, 2.05) is 11.0 Å². The molecule has 1 rings (SSSR count). The number of unbranched alkanes of at least 4 members (excludes halogenated alkanes) is 1. The van der Waals surface area contributed by atoms with E-state index in [1.54, 1.807) is 12.1 Å². The first-order chi connectivity index (χ1) is 9.06. The molecule has 0 aliphatic carbocycles. The number of rotatable bonds is 8. The van der Waals surface area contributed by atoms with Gasteiger partial charge >= 0.3 is 0 Å². The number of carbonyl (C=O) groups excluding carboxylic acids is 1. The highest BCUT2D eigenvalue weighted by Crippen LogP contribution is 2.26. The summed E-state index contributed by atoms with van der Waals surface area (Å²) in [5, 5.41) is 9.73. The van der Waals surface area contributed by atoms with Crippen molar-refractivity contribution >= 4 is 5.91 Å². The average molecular weight is 266 g/mol. The topological polar surface area (TPSA) is 75.8 Å². The van der Waals surface area contributed by atoms with Crippen molar-refractivity contribution in [2.24, 2.45) is 5.73 Å². The number of methoxy groups -OCH3 is 1. The van der Waals surface area contributed by atoms with Gasteiger partial charge in [-0.2, -0.15) is 0 Å². The van der Waals surface area contributed by atoms with Gasteiger partial charge in [0.2, 0.25) is 5.91 Å². The Balaban J connectivity index is 2.71. The van der Waals surface area contributed by atoms with Crippen LogP contribution >= 0.6 is 0 Å². The van der Waals surface area contributed by atoms with Crippen molar-refractivity contribution in [1.29, 1.82) is 0 Å². The zero-order valence-corrected chi connectivity index (χ0v) is 11.6. The predicted molar refractivity (Wildman–Crippen MR) is 74.0 cm³/mol. The predicted octanol–water partition coefficient (Wildman–Crippen LogP) is 1.49. The number of benzene rings is 1. The molecule has 3 N–H and O–H groups in total. The second kappa shape index (κ2) is 7.63. The summed E-state index contributed by atoms with van der Waals surface area (Å²) in [4.78, 5) is 13.0. The Hall–Kier alpha value is -1.75. The maximum Gasteiger partial charge on any atom is 0.231 e. The fourth-order valence-electron chi connectivity index (χ4n) is 1.91. The molecule has 0 bridgehead atoms. The summed E-state index contributed by atoms with van der Waals surface area (Å²) in [6.07, 6.45) is 2.07. The molecule has 1 aromatic carbocycles. The number of phenols is 1. The first-order valence-electron chi connectivity index (χ1n) is 6.43. The number of primary amides is 1. The van der Waals surface area contributed by atoms with Crippen LogP contribution in [0.2, 0.25) is 0 Å². The van der Waals surface area contributed by atoms with E-state index in [-0.39, 0.29) is 18.2 Å². The molecule has 1 amide bonds. The summed E-state index contributed by atoms with van der Waals surface area (Å²) in [5.74, 6) is 0.210. The fourth-order valence-corrected chi connectivity index (χ4v) is 1.91. The SMILES string of the molecule is CCCCN(CC(N)=O)Cc1ccc(OC)c(O)c1. The maximum absolute atomic E-state index is 11.0. The van der Waals surface area contributed by atoms with Gasteiger partial charge in [0.05, 0.1) is 13.7 Å². The number of ether oxygens (including phenoxy) is 1. The van der Waals surface area contributed by atoms with Crippen LogP contribution in [0.4, 0.5) is 0 Å². The Morgan fingerprint density at radius 3 is 2.74 bits per heavy atom. The molecule has 0 unspecified atom stereocenters. The number of phenolic OH excluding ortho intramolecular Hbond substituents is 1. The summed E-state index contributed by atoms with van der Waals surface area (Å²) in [6, 6.07) is 5.24. The molecule has 106 valence electrons. The zero-order valence-electron chi connectivity index (χ0n) is 11.6. The van der Waals surface area contributed by atoms with Crippen LogP contribution in [0.5, 0.6) is 11.5 Å². The Kier molecular flexibility index (Phi) is 6.15. The van der Waals surface area contributed by atoms with Crippen molar-refractivity contribution in [3.05, 3.63) is 23.8 Å². The highest BCUT2D eigenvalue weighted by Gasteiger charge is 2.10. The number of amides is 1.